The van der Waals surface area contributed by atoms with Gasteiger partial charge in [-0.2, -0.15) is 0 Å². The van der Waals surface area contributed by atoms with Gasteiger partial charge in [0.2, 0.25) is 10.0 Å². The topological polar surface area (TPSA) is 87.2 Å². The van der Waals surface area contributed by atoms with E-state index < -0.39 is 10.0 Å². The van der Waals surface area contributed by atoms with E-state index in [0.29, 0.717) is 23.2 Å². The molecule has 0 atom stereocenters. The normalized spacial score (nSPS) is 11.3. The molecule has 2 rings (SSSR count). The van der Waals surface area contributed by atoms with Crippen molar-refractivity contribution in [1.82, 2.24) is 14.7 Å². The molecule has 7 nitrogen and oxygen atoms in total. The molecule has 0 radical (unpaired) electrons. The average Bonchev–Trinajstić information content (AvgIpc) is 2.51. The minimum Gasteiger partial charge on any atom is -0.369 e. The summed E-state index contributed by atoms with van der Waals surface area (Å²) in [7, 11) is 0.238. The SMILES string of the molecule is Cc1nc(NCCNS(=O)(=O)c2ccc(Cl)cc2)cc(N(C)C)n1. The van der Waals surface area contributed by atoms with Gasteiger partial charge >= 0.3 is 0 Å². The second-order valence-corrected chi connectivity index (χ2v) is 7.53. The number of anilines is 2. The van der Waals surface area contributed by atoms with Gasteiger partial charge in [-0.15, -0.1) is 0 Å². The third-order valence-corrected chi connectivity index (χ3v) is 4.86. The smallest absolute Gasteiger partial charge is 0.240 e. The third kappa shape index (κ3) is 5.05. The molecule has 0 bridgehead atoms. The van der Waals surface area contributed by atoms with Crippen molar-refractivity contribution >= 4 is 33.3 Å². The first kappa shape index (κ1) is 18.4. The zero-order valence-electron chi connectivity index (χ0n) is 13.7. The van der Waals surface area contributed by atoms with E-state index >= 15 is 0 Å². The second-order valence-electron chi connectivity index (χ2n) is 5.33. The highest BCUT2D eigenvalue weighted by molar-refractivity contribution is 7.89. The fourth-order valence-corrected chi connectivity index (χ4v) is 3.10. The van der Waals surface area contributed by atoms with Gasteiger partial charge in [0.15, 0.2) is 0 Å². The number of benzene rings is 1. The standard InChI is InChI=1S/C15H20ClN5O2S/c1-11-19-14(10-15(20-11)21(2)3)17-8-9-18-24(22,23)13-6-4-12(16)5-7-13/h4-7,10,18H,8-9H2,1-3H3,(H,17,19,20). The number of halogens is 1. The van der Waals surface area contributed by atoms with E-state index in [0.717, 1.165) is 5.82 Å². The maximum atomic E-state index is 12.1. The van der Waals surface area contributed by atoms with Gasteiger partial charge in [0.25, 0.3) is 0 Å². The van der Waals surface area contributed by atoms with Crippen molar-refractivity contribution in [3.05, 3.63) is 41.2 Å². The molecule has 2 N–H and O–H groups in total. The summed E-state index contributed by atoms with van der Waals surface area (Å²) in [6.07, 6.45) is 0. The number of nitrogens with zero attached hydrogens (tertiary/aromatic N) is 3. The quantitative estimate of drug-likeness (QED) is 0.725. The summed E-state index contributed by atoms with van der Waals surface area (Å²) in [5, 5.41) is 3.58. The highest BCUT2D eigenvalue weighted by Crippen LogP contribution is 2.14. The first-order valence-electron chi connectivity index (χ1n) is 7.30. The Hall–Kier alpha value is -1.90. The minimum atomic E-state index is -3.55. The predicted octanol–water partition coefficient (Wildman–Crippen LogP) is 1.89. The molecule has 0 aliphatic rings. The summed E-state index contributed by atoms with van der Waals surface area (Å²) >= 11 is 5.76. The van der Waals surface area contributed by atoms with Gasteiger partial charge in [0.05, 0.1) is 4.90 Å². The number of hydrogen-bond donors (Lipinski definition) is 2. The van der Waals surface area contributed by atoms with Crippen LogP contribution in [0.5, 0.6) is 0 Å². The molecule has 0 amide bonds. The Morgan fingerprint density at radius 1 is 1.12 bits per heavy atom. The fraction of sp³-hybridized carbons (Fsp3) is 0.333. The molecule has 0 saturated carbocycles. The number of aryl methyl sites for hydroxylation is 1. The van der Waals surface area contributed by atoms with Crippen LogP contribution in [0.1, 0.15) is 5.82 Å². The van der Waals surface area contributed by atoms with Crippen LogP contribution in [0.3, 0.4) is 0 Å². The molecule has 2 aromatic rings. The van der Waals surface area contributed by atoms with Crippen molar-refractivity contribution < 1.29 is 8.42 Å². The lowest BCUT2D eigenvalue weighted by Gasteiger charge is -2.14. The molecule has 9 heteroatoms. The van der Waals surface area contributed by atoms with Crippen LogP contribution in [0.4, 0.5) is 11.6 Å². The van der Waals surface area contributed by atoms with Crippen molar-refractivity contribution in [2.45, 2.75) is 11.8 Å². The van der Waals surface area contributed by atoms with E-state index in [1.165, 1.54) is 12.1 Å². The van der Waals surface area contributed by atoms with Gasteiger partial charge in [0.1, 0.15) is 17.5 Å². The summed E-state index contributed by atoms with van der Waals surface area (Å²) in [4.78, 5) is 10.6. The van der Waals surface area contributed by atoms with Crippen molar-refractivity contribution in [3.63, 3.8) is 0 Å². The number of hydrogen-bond acceptors (Lipinski definition) is 6. The molecule has 0 aliphatic heterocycles. The molecule has 130 valence electrons. The Bertz CT molecular complexity index is 794. The van der Waals surface area contributed by atoms with Crippen LogP contribution < -0.4 is 14.9 Å². The predicted molar refractivity (Wildman–Crippen MR) is 96.2 cm³/mol. The molecule has 1 aromatic carbocycles. The van der Waals surface area contributed by atoms with E-state index in [1.807, 2.05) is 19.0 Å². The highest BCUT2D eigenvalue weighted by Gasteiger charge is 2.12. The van der Waals surface area contributed by atoms with Crippen LogP contribution in [-0.2, 0) is 10.0 Å². The molecule has 24 heavy (non-hydrogen) atoms. The summed E-state index contributed by atoms with van der Waals surface area (Å²) in [6, 6.07) is 7.83. The van der Waals surface area contributed by atoms with Crippen LogP contribution in [0.25, 0.3) is 0 Å². The molecular weight excluding hydrogens is 350 g/mol. The van der Waals surface area contributed by atoms with Crippen LogP contribution in [0, 0.1) is 6.92 Å². The number of rotatable bonds is 7. The van der Waals surface area contributed by atoms with Crippen LogP contribution in [0.15, 0.2) is 35.2 Å². The zero-order valence-corrected chi connectivity index (χ0v) is 15.3. The fourth-order valence-electron chi connectivity index (χ4n) is 1.94. The number of aromatic nitrogens is 2. The molecule has 1 heterocycles. The Morgan fingerprint density at radius 2 is 1.79 bits per heavy atom. The molecule has 0 unspecified atom stereocenters. The molecule has 0 fully saturated rings. The zero-order chi connectivity index (χ0) is 17.7. The second kappa shape index (κ2) is 7.78. The Balaban J connectivity index is 1.92. The van der Waals surface area contributed by atoms with Gasteiger partial charge < -0.3 is 10.2 Å². The van der Waals surface area contributed by atoms with E-state index in [2.05, 4.69) is 20.0 Å². The molecular formula is C15H20ClN5O2S. The molecule has 0 spiro atoms. The van der Waals surface area contributed by atoms with Crippen molar-refractivity contribution in [3.8, 4) is 0 Å². The van der Waals surface area contributed by atoms with Gasteiger partial charge in [0, 0.05) is 38.3 Å². The number of nitrogens with one attached hydrogen (secondary N) is 2. The average molecular weight is 370 g/mol. The van der Waals surface area contributed by atoms with E-state index in [-0.39, 0.29) is 11.4 Å². The molecule has 0 saturated heterocycles. The largest absolute Gasteiger partial charge is 0.369 e. The Kier molecular flexibility index (Phi) is 5.98. The third-order valence-electron chi connectivity index (χ3n) is 3.13. The van der Waals surface area contributed by atoms with Crippen molar-refractivity contribution in [2.24, 2.45) is 0 Å². The maximum absolute atomic E-state index is 12.1. The summed E-state index contributed by atoms with van der Waals surface area (Å²) in [5.74, 6) is 2.08. The van der Waals surface area contributed by atoms with Gasteiger partial charge in [-0.1, -0.05) is 11.6 Å². The van der Waals surface area contributed by atoms with E-state index in [1.54, 1.807) is 25.1 Å². The lowest BCUT2D eigenvalue weighted by Crippen LogP contribution is -2.29. The van der Waals surface area contributed by atoms with E-state index in [9.17, 15) is 8.42 Å². The lowest BCUT2D eigenvalue weighted by atomic mass is 10.4. The van der Waals surface area contributed by atoms with Gasteiger partial charge in [-0.3, -0.25) is 0 Å². The van der Waals surface area contributed by atoms with Crippen molar-refractivity contribution in [2.75, 3.05) is 37.4 Å². The first-order chi connectivity index (χ1) is 11.3. The minimum absolute atomic E-state index is 0.180. The molecule has 1 aromatic heterocycles. The molecule has 0 aliphatic carbocycles. The lowest BCUT2D eigenvalue weighted by molar-refractivity contribution is 0.583. The van der Waals surface area contributed by atoms with Crippen LogP contribution >= 0.6 is 11.6 Å². The van der Waals surface area contributed by atoms with Crippen LogP contribution in [-0.4, -0.2) is 45.6 Å². The van der Waals surface area contributed by atoms with Gasteiger partial charge in [-0.25, -0.2) is 23.1 Å². The monoisotopic (exact) mass is 369 g/mol. The summed E-state index contributed by atoms with van der Waals surface area (Å²) in [5.41, 5.74) is 0. The number of sulfonamides is 1. The Labute approximate surface area is 147 Å². The first-order valence-corrected chi connectivity index (χ1v) is 9.16. The van der Waals surface area contributed by atoms with E-state index in [4.69, 9.17) is 11.6 Å². The van der Waals surface area contributed by atoms with Crippen LogP contribution in [0.2, 0.25) is 5.02 Å². The summed E-state index contributed by atoms with van der Waals surface area (Å²) in [6.45, 7) is 2.43. The maximum Gasteiger partial charge on any atom is 0.240 e. The van der Waals surface area contributed by atoms with Crippen molar-refractivity contribution in [1.29, 1.82) is 0 Å². The Morgan fingerprint density at radius 3 is 2.42 bits per heavy atom. The van der Waals surface area contributed by atoms with Gasteiger partial charge in [-0.05, 0) is 31.2 Å². The summed E-state index contributed by atoms with van der Waals surface area (Å²) < 4.78 is 26.8. The highest BCUT2D eigenvalue weighted by atomic mass is 35.5.